The molecule has 1 aliphatic heterocycles. The van der Waals surface area contributed by atoms with Gasteiger partial charge in [-0.25, -0.2) is 5.43 Å². The van der Waals surface area contributed by atoms with Crippen molar-refractivity contribution in [2.75, 3.05) is 13.1 Å². The third-order valence-corrected chi connectivity index (χ3v) is 5.31. The highest BCUT2D eigenvalue weighted by molar-refractivity contribution is 6.07. The molecule has 4 rings (SSSR count). The number of amides is 2. The molecule has 1 N–H and O–H groups in total. The summed E-state index contributed by atoms with van der Waals surface area (Å²) in [5.41, 5.74) is 5.51. The van der Waals surface area contributed by atoms with Crippen molar-refractivity contribution in [1.29, 1.82) is 0 Å². The Labute approximate surface area is 157 Å². The molecule has 1 aliphatic carbocycles. The van der Waals surface area contributed by atoms with Crippen LogP contribution in [0.5, 0.6) is 0 Å². The lowest BCUT2D eigenvalue weighted by Gasteiger charge is -2.14. The van der Waals surface area contributed by atoms with Gasteiger partial charge in [0.25, 0.3) is 11.8 Å². The molecule has 0 atom stereocenters. The molecule has 7 nitrogen and oxygen atoms in total. The molecule has 2 aliphatic rings. The highest BCUT2D eigenvalue weighted by atomic mass is 16.4. The Bertz CT molecular complexity index is 916. The van der Waals surface area contributed by atoms with E-state index in [1.54, 1.807) is 13.0 Å². The summed E-state index contributed by atoms with van der Waals surface area (Å²) in [7, 11) is 0. The minimum atomic E-state index is -0.310. The number of hydrogen-bond donors (Lipinski definition) is 1. The first-order valence-electron chi connectivity index (χ1n) is 9.39. The molecule has 7 heteroatoms. The third kappa shape index (κ3) is 3.18. The van der Waals surface area contributed by atoms with Gasteiger partial charge in [0.2, 0.25) is 0 Å². The predicted molar refractivity (Wildman–Crippen MR) is 99.0 cm³/mol. The quantitative estimate of drug-likeness (QED) is 0.842. The molecule has 1 saturated heterocycles. The number of rotatable bonds is 3. The van der Waals surface area contributed by atoms with Gasteiger partial charge in [0.1, 0.15) is 11.5 Å². The van der Waals surface area contributed by atoms with Crippen LogP contribution in [0.4, 0.5) is 0 Å². The topological polar surface area (TPSA) is 88.0 Å². The van der Waals surface area contributed by atoms with Gasteiger partial charge in [0, 0.05) is 30.6 Å². The van der Waals surface area contributed by atoms with E-state index in [4.69, 9.17) is 8.83 Å². The highest BCUT2D eigenvalue weighted by Gasteiger charge is 2.31. The van der Waals surface area contributed by atoms with Crippen molar-refractivity contribution in [3.8, 4) is 0 Å². The largest absolute Gasteiger partial charge is 0.469 e. The Kier molecular flexibility index (Phi) is 4.59. The van der Waals surface area contributed by atoms with Crippen molar-refractivity contribution >= 4 is 17.5 Å². The summed E-state index contributed by atoms with van der Waals surface area (Å²) >= 11 is 0. The first-order valence-corrected chi connectivity index (χ1v) is 9.39. The summed E-state index contributed by atoms with van der Waals surface area (Å²) in [5, 5.41) is 4.34. The molecule has 0 bridgehead atoms. The van der Waals surface area contributed by atoms with E-state index in [0.29, 0.717) is 17.1 Å². The van der Waals surface area contributed by atoms with Crippen LogP contribution in [-0.4, -0.2) is 35.5 Å². The summed E-state index contributed by atoms with van der Waals surface area (Å²) in [6, 6.07) is 1.62. The Balaban J connectivity index is 1.60. The van der Waals surface area contributed by atoms with Crippen LogP contribution in [-0.2, 0) is 6.42 Å². The van der Waals surface area contributed by atoms with Gasteiger partial charge in [0.05, 0.1) is 17.5 Å². The molecule has 27 heavy (non-hydrogen) atoms. The SMILES string of the molecule is Cc1occc1C(=O)N/N=C1\CCCc2oc(C(=O)N3CCCC3)c(C)c21. The molecule has 0 unspecified atom stereocenters. The van der Waals surface area contributed by atoms with Crippen molar-refractivity contribution in [2.24, 2.45) is 5.10 Å². The summed E-state index contributed by atoms with van der Waals surface area (Å²) in [4.78, 5) is 26.9. The molecule has 2 amide bonds. The van der Waals surface area contributed by atoms with Crippen molar-refractivity contribution in [3.63, 3.8) is 0 Å². The fraction of sp³-hybridized carbons (Fsp3) is 0.450. The van der Waals surface area contributed by atoms with Crippen molar-refractivity contribution in [2.45, 2.75) is 46.0 Å². The number of nitrogens with one attached hydrogen (secondary N) is 1. The molecular weight excluding hydrogens is 346 g/mol. The maximum Gasteiger partial charge on any atom is 0.289 e. The van der Waals surface area contributed by atoms with Gasteiger partial charge in [-0.1, -0.05) is 0 Å². The molecule has 2 aromatic rings. The van der Waals surface area contributed by atoms with Crippen LogP contribution in [0.3, 0.4) is 0 Å². The van der Waals surface area contributed by atoms with Gasteiger partial charge in [-0.3, -0.25) is 9.59 Å². The van der Waals surface area contributed by atoms with Gasteiger partial charge in [-0.2, -0.15) is 5.10 Å². The van der Waals surface area contributed by atoms with Crippen LogP contribution in [0.2, 0.25) is 0 Å². The van der Waals surface area contributed by atoms with Crippen LogP contribution < -0.4 is 5.43 Å². The van der Waals surface area contributed by atoms with Crippen molar-refractivity contribution in [3.05, 3.63) is 46.3 Å². The lowest BCUT2D eigenvalue weighted by atomic mass is 9.93. The van der Waals surface area contributed by atoms with E-state index < -0.39 is 0 Å². The highest BCUT2D eigenvalue weighted by Crippen LogP contribution is 2.31. The van der Waals surface area contributed by atoms with Gasteiger partial charge in [0.15, 0.2) is 5.76 Å². The zero-order valence-corrected chi connectivity index (χ0v) is 15.6. The van der Waals surface area contributed by atoms with E-state index in [2.05, 4.69) is 10.5 Å². The molecule has 1 fully saturated rings. The maximum absolute atomic E-state index is 12.8. The summed E-state index contributed by atoms with van der Waals surface area (Å²) in [6.07, 6.45) is 5.94. The number of aryl methyl sites for hydroxylation is 2. The number of fused-ring (bicyclic) bond motifs is 1. The minimum Gasteiger partial charge on any atom is -0.469 e. The molecule has 3 heterocycles. The molecule has 0 spiro atoms. The maximum atomic E-state index is 12.8. The average molecular weight is 369 g/mol. The van der Waals surface area contributed by atoms with Gasteiger partial charge < -0.3 is 13.7 Å². The smallest absolute Gasteiger partial charge is 0.289 e. The lowest BCUT2D eigenvalue weighted by molar-refractivity contribution is 0.0758. The third-order valence-electron chi connectivity index (χ3n) is 5.31. The molecule has 0 radical (unpaired) electrons. The first kappa shape index (κ1) is 17.6. The second kappa shape index (κ2) is 7.06. The molecule has 2 aromatic heterocycles. The number of nitrogens with zero attached hydrogens (tertiary/aromatic N) is 2. The standard InChI is InChI=1S/C20H23N3O4/c1-12-17-15(21-22-19(24)14-8-11-26-13(14)2)6-5-7-16(17)27-18(12)20(25)23-9-3-4-10-23/h8,11H,3-7,9-10H2,1-2H3,(H,22,24)/b21-15+. The van der Waals surface area contributed by atoms with Crippen LogP contribution >= 0.6 is 0 Å². The number of carbonyl (C=O) groups is 2. The van der Waals surface area contributed by atoms with Crippen LogP contribution in [0.15, 0.2) is 26.3 Å². The normalized spacial score (nSPS) is 18.0. The van der Waals surface area contributed by atoms with E-state index in [9.17, 15) is 9.59 Å². The second-order valence-corrected chi connectivity index (χ2v) is 7.10. The van der Waals surface area contributed by atoms with E-state index in [1.165, 1.54) is 6.26 Å². The molecular formula is C20H23N3O4. The van der Waals surface area contributed by atoms with E-state index in [-0.39, 0.29) is 11.8 Å². The predicted octanol–water partition coefficient (Wildman–Crippen LogP) is 3.20. The second-order valence-electron chi connectivity index (χ2n) is 7.10. The summed E-state index contributed by atoms with van der Waals surface area (Å²) < 4.78 is 11.1. The molecule has 0 saturated carbocycles. The fourth-order valence-electron chi connectivity index (χ4n) is 3.85. The Morgan fingerprint density at radius 3 is 2.63 bits per heavy atom. The lowest BCUT2D eigenvalue weighted by Crippen LogP contribution is -2.27. The van der Waals surface area contributed by atoms with Gasteiger partial charge >= 0.3 is 0 Å². The zero-order chi connectivity index (χ0) is 19.0. The van der Waals surface area contributed by atoms with E-state index >= 15 is 0 Å². The van der Waals surface area contributed by atoms with Crippen LogP contribution in [0.1, 0.15) is 69.2 Å². The fourth-order valence-corrected chi connectivity index (χ4v) is 3.85. The van der Waals surface area contributed by atoms with Gasteiger partial charge in [-0.05, 0) is 45.6 Å². The summed E-state index contributed by atoms with van der Waals surface area (Å²) in [6.45, 7) is 5.20. The number of furan rings is 2. The monoisotopic (exact) mass is 369 g/mol. The van der Waals surface area contributed by atoms with Crippen molar-refractivity contribution < 1.29 is 18.4 Å². The molecule has 142 valence electrons. The van der Waals surface area contributed by atoms with Crippen molar-refractivity contribution in [1.82, 2.24) is 10.3 Å². The van der Waals surface area contributed by atoms with E-state index in [0.717, 1.165) is 67.8 Å². The van der Waals surface area contributed by atoms with E-state index in [1.807, 2.05) is 11.8 Å². The Morgan fingerprint density at radius 2 is 1.93 bits per heavy atom. The first-order chi connectivity index (χ1) is 13.1. The molecule has 0 aromatic carbocycles. The number of carbonyl (C=O) groups excluding carboxylic acids is 2. The van der Waals surface area contributed by atoms with Crippen LogP contribution in [0.25, 0.3) is 0 Å². The number of hydrogen-bond acceptors (Lipinski definition) is 5. The Hall–Kier alpha value is -2.83. The van der Waals surface area contributed by atoms with Crippen LogP contribution in [0, 0.1) is 13.8 Å². The summed E-state index contributed by atoms with van der Waals surface area (Å²) in [5.74, 6) is 1.39. The average Bonchev–Trinajstić information content (AvgIpc) is 3.40. The van der Waals surface area contributed by atoms with Gasteiger partial charge in [-0.15, -0.1) is 0 Å². The number of likely N-dealkylation sites (tertiary alicyclic amines) is 1. The minimum absolute atomic E-state index is 0.0446. The number of hydrazone groups is 1. The zero-order valence-electron chi connectivity index (χ0n) is 15.6. The Morgan fingerprint density at radius 1 is 1.15 bits per heavy atom.